The van der Waals surface area contributed by atoms with Crippen LogP contribution in [0.1, 0.15) is 12.8 Å². The molecule has 0 radical (unpaired) electrons. The molecule has 6 nitrogen and oxygen atoms in total. The zero-order chi connectivity index (χ0) is 20.6. The van der Waals surface area contributed by atoms with Crippen LogP contribution in [-0.2, 0) is 25.7 Å². The molecular weight excluding hydrogens is 544 g/mol. The van der Waals surface area contributed by atoms with Crippen LogP contribution in [0.4, 0.5) is 0 Å². The lowest BCUT2D eigenvalue weighted by molar-refractivity contribution is -0.0802. The maximum atomic E-state index is 13.2. The van der Waals surface area contributed by atoms with Crippen LogP contribution in [0.3, 0.4) is 0 Å². The summed E-state index contributed by atoms with van der Waals surface area (Å²) in [7, 11) is -4.95. The second kappa shape index (κ2) is 8.49. The van der Waals surface area contributed by atoms with Gasteiger partial charge in [-0.25, -0.2) is 16.9 Å². The second-order valence-corrected chi connectivity index (χ2v) is 12.1. The van der Waals surface area contributed by atoms with Gasteiger partial charge in [0.2, 0.25) is 10.0 Å². The molecule has 0 aromatic heterocycles. The van der Waals surface area contributed by atoms with Crippen molar-refractivity contribution < 1.29 is 17.4 Å². The van der Waals surface area contributed by atoms with E-state index < -0.39 is 26.7 Å². The summed E-state index contributed by atoms with van der Waals surface area (Å²) >= 11 is 6.72. The van der Waals surface area contributed by atoms with Crippen molar-refractivity contribution in [3.05, 3.63) is 57.5 Å². The lowest BCUT2D eigenvalue weighted by Crippen LogP contribution is -2.54. The average molecular weight is 564 g/mol. The van der Waals surface area contributed by atoms with Crippen LogP contribution in [0, 0.1) is 0 Å². The minimum absolute atomic E-state index is 0.256. The highest BCUT2D eigenvalue weighted by atomic mass is 79.9. The van der Waals surface area contributed by atoms with Crippen molar-refractivity contribution in [3.63, 3.8) is 0 Å². The summed E-state index contributed by atoms with van der Waals surface area (Å²) in [6.07, 6.45) is 0.954. The van der Waals surface area contributed by atoms with Crippen LogP contribution in [-0.4, -0.2) is 53.2 Å². The van der Waals surface area contributed by atoms with Crippen molar-refractivity contribution in [3.8, 4) is 0 Å². The van der Waals surface area contributed by atoms with E-state index >= 15 is 0 Å². The van der Waals surface area contributed by atoms with Gasteiger partial charge >= 0.3 is 0 Å². The molecule has 2 aromatic carbocycles. The molecule has 0 amide bonds. The van der Waals surface area contributed by atoms with Crippen molar-refractivity contribution in [2.75, 3.05) is 26.2 Å². The van der Waals surface area contributed by atoms with E-state index in [1.165, 1.54) is 4.31 Å². The molecule has 2 saturated heterocycles. The lowest BCUT2D eigenvalue weighted by Gasteiger charge is -2.42. The number of benzene rings is 2. The van der Waals surface area contributed by atoms with E-state index in [1.54, 1.807) is 24.3 Å². The first-order valence-corrected chi connectivity index (χ1v) is 13.3. The van der Waals surface area contributed by atoms with Gasteiger partial charge in [0.05, 0.1) is 16.4 Å². The molecule has 2 aliphatic heterocycles. The van der Waals surface area contributed by atoms with Crippen LogP contribution >= 0.6 is 31.9 Å². The van der Waals surface area contributed by atoms with Crippen LogP contribution < -0.4 is 0 Å². The third kappa shape index (κ3) is 4.26. The van der Waals surface area contributed by atoms with Gasteiger partial charge in [-0.1, -0.05) is 31.9 Å². The van der Waals surface area contributed by atoms with Crippen molar-refractivity contribution in [1.29, 1.82) is 0 Å². The van der Waals surface area contributed by atoms with E-state index in [0.717, 1.165) is 13.8 Å². The van der Waals surface area contributed by atoms with E-state index in [9.17, 15) is 12.6 Å². The maximum absolute atomic E-state index is 13.2. The highest BCUT2D eigenvalue weighted by Crippen LogP contribution is 2.39. The molecular formula is C19H20Br2N2O4S2. The predicted molar refractivity (Wildman–Crippen MR) is 118 cm³/mol. The summed E-state index contributed by atoms with van der Waals surface area (Å²) < 4.78 is 50.5. The quantitative estimate of drug-likeness (QED) is 0.568. The van der Waals surface area contributed by atoms with Crippen LogP contribution in [0.25, 0.3) is 0 Å². The Labute approximate surface area is 190 Å². The van der Waals surface area contributed by atoms with Gasteiger partial charge < -0.3 is 4.74 Å². The molecule has 2 aliphatic rings. The van der Waals surface area contributed by atoms with Gasteiger partial charge in [0.25, 0.3) is 0 Å². The van der Waals surface area contributed by atoms with E-state index in [2.05, 4.69) is 31.9 Å². The number of rotatable bonds is 4. The Morgan fingerprint density at radius 3 is 2.03 bits per heavy atom. The van der Waals surface area contributed by atoms with Gasteiger partial charge in [0.1, 0.15) is 16.7 Å². The molecule has 4 rings (SSSR count). The molecule has 1 atom stereocenters. The fourth-order valence-corrected chi connectivity index (χ4v) is 7.20. The standard InChI is InChI=1S/C19H20Br2N2O4S2/c20-15-1-5-17(6-2-15)28(24)22-11-9-19(10-12-22)23(13-14-27-19)29(25,26)18-7-3-16(21)4-8-18/h1-8H,9-14H2. The fourth-order valence-electron chi connectivity index (χ4n) is 3.76. The minimum atomic E-state index is -3.67. The molecule has 1 spiro atoms. The van der Waals surface area contributed by atoms with E-state index in [-0.39, 0.29) is 4.90 Å². The zero-order valence-electron chi connectivity index (χ0n) is 15.5. The fraction of sp³-hybridized carbons (Fsp3) is 0.368. The van der Waals surface area contributed by atoms with Gasteiger partial charge in [-0.2, -0.15) is 4.31 Å². The van der Waals surface area contributed by atoms with E-state index in [0.29, 0.717) is 39.1 Å². The van der Waals surface area contributed by atoms with Gasteiger partial charge in [-0.15, -0.1) is 0 Å². The van der Waals surface area contributed by atoms with Crippen molar-refractivity contribution in [2.24, 2.45) is 0 Å². The average Bonchev–Trinajstić information content (AvgIpc) is 3.13. The monoisotopic (exact) mass is 562 g/mol. The molecule has 10 heteroatoms. The molecule has 29 heavy (non-hydrogen) atoms. The molecule has 1 unspecified atom stereocenters. The summed E-state index contributed by atoms with van der Waals surface area (Å²) in [5, 5.41) is 0. The number of hydrogen-bond donors (Lipinski definition) is 0. The topological polar surface area (TPSA) is 66.9 Å². The largest absolute Gasteiger partial charge is 0.358 e. The van der Waals surface area contributed by atoms with Crippen LogP contribution in [0.15, 0.2) is 67.3 Å². The molecule has 156 valence electrons. The van der Waals surface area contributed by atoms with E-state index in [1.807, 2.05) is 28.6 Å². The van der Waals surface area contributed by atoms with E-state index in [4.69, 9.17) is 4.74 Å². The summed E-state index contributed by atoms with van der Waals surface area (Å²) in [6, 6.07) is 14.0. The molecule has 0 saturated carbocycles. The smallest absolute Gasteiger partial charge is 0.245 e. The summed E-state index contributed by atoms with van der Waals surface area (Å²) in [5.74, 6) is 0. The second-order valence-electron chi connectivity index (χ2n) is 6.96. The molecule has 2 heterocycles. The Hall–Kier alpha value is -0.620. The number of ether oxygens (including phenoxy) is 1. The third-order valence-corrected chi connectivity index (χ3v) is 9.81. The molecule has 0 bridgehead atoms. The Kier molecular flexibility index (Phi) is 6.32. The van der Waals surface area contributed by atoms with Crippen LogP contribution in [0.2, 0.25) is 0 Å². The number of hydrogen-bond acceptors (Lipinski definition) is 4. The van der Waals surface area contributed by atoms with Gasteiger partial charge in [-0.3, -0.25) is 0 Å². The summed E-state index contributed by atoms with van der Waals surface area (Å²) in [6.45, 7) is 1.68. The number of sulfonamides is 1. The molecule has 0 N–H and O–H groups in total. The Morgan fingerprint density at radius 1 is 0.897 bits per heavy atom. The predicted octanol–water partition coefficient (Wildman–Crippen LogP) is 3.75. The third-order valence-electron chi connectivity index (χ3n) is 5.27. The maximum Gasteiger partial charge on any atom is 0.245 e. The first kappa shape index (κ1) is 21.6. The van der Waals surface area contributed by atoms with Crippen molar-refractivity contribution in [2.45, 2.75) is 28.4 Å². The molecule has 2 fully saturated rings. The Morgan fingerprint density at radius 2 is 1.45 bits per heavy atom. The van der Waals surface area contributed by atoms with Gasteiger partial charge in [-0.05, 0) is 48.5 Å². The number of piperidine rings is 1. The Bertz CT molecular complexity index is 1010. The normalized spacial score (nSPS) is 21.4. The first-order chi connectivity index (χ1) is 13.8. The number of halogens is 2. The lowest BCUT2D eigenvalue weighted by atomic mass is 10.0. The van der Waals surface area contributed by atoms with Crippen molar-refractivity contribution >= 4 is 52.9 Å². The van der Waals surface area contributed by atoms with Crippen molar-refractivity contribution in [1.82, 2.24) is 8.61 Å². The highest BCUT2D eigenvalue weighted by molar-refractivity contribution is 9.10. The number of nitrogens with zero attached hydrogens (tertiary/aromatic N) is 2. The minimum Gasteiger partial charge on any atom is -0.358 e. The Balaban J connectivity index is 1.51. The highest BCUT2D eigenvalue weighted by Gasteiger charge is 2.51. The van der Waals surface area contributed by atoms with Gasteiger partial charge in [0, 0.05) is 41.4 Å². The summed E-state index contributed by atoms with van der Waals surface area (Å²) in [4.78, 5) is 0.988. The zero-order valence-corrected chi connectivity index (χ0v) is 20.3. The first-order valence-electron chi connectivity index (χ1n) is 9.17. The molecule has 2 aromatic rings. The summed E-state index contributed by atoms with van der Waals surface area (Å²) in [5.41, 5.74) is -0.869. The molecule has 0 aliphatic carbocycles. The van der Waals surface area contributed by atoms with Gasteiger partial charge in [0.15, 0.2) is 0 Å². The van der Waals surface area contributed by atoms with Crippen LogP contribution in [0.5, 0.6) is 0 Å². The SMILES string of the molecule is O=S(c1ccc(Br)cc1)N1CCC2(CC1)OCCN2S(=O)(=O)c1ccc(Br)cc1.